The number of dihydropyridines is 1. The minimum Gasteiger partial charge on any atom is -0.340 e. The molecule has 0 spiro atoms. The van der Waals surface area contributed by atoms with Gasteiger partial charge < -0.3 is 4.90 Å². The van der Waals surface area contributed by atoms with Gasteiger partial charge >= 0.3 is 6.18 Å². The van der Waals surface area contributed by atoms with Gasteiger partial charge in [0.25, 0.3) is 0 Å². The Morgan fingerprint density at radius 1 is 1.22 bits per heavy atom. The number of hydrogen-bond donors (Lipinski definition) is 0. The second kappa shape index (κ2) is 6.70. The van der Waals surface area contributed by atoms with Crippen LogP contribution in [0, 0.1) is 5.92 Å². The van der Waals surface area contributed by atoms with Crippen molar-refractivity contribution in [3.8, 4) is 0 Å². The fourth-order valence-electron chi connectivity index (χ4n) is 4.38. The number of benzene rings is 1. The van der Waals surface area contributed by atoms with Crippen LogP contribution >= 0.6 is 0 Å². The van der Waals surface area contributed by atoms with Crippen LogP contribution in [0.1, 0.15) is 44.6 Å². The molecule has 1 aromatic carbocycles. The average molecular weight is 372 g/mol. The molecular weight excluding hydrogens is 349 g/mol. The summed E-state index contributed by atoms with van der Waals surface area (Å²) in [4.78, 5) is 6.82. The van der Waals surface area contributed by atoms with Gasteiger partial charge in [0.05, 0.1) is 23.5 Å². The maximum atomic E-state index is 13.2. The summed E-state index contributed by atoms with van der Waals surface area (Å²) < 4.78 is 39.6. The standard InChI is InChI=1S/C22H23F3N2/c1-3-19(22(23,24)25)15-6-8-16(9-7-15)27-10-4-5-17-18-11-14(2)12-20(18)26-13-21(17)27/h6-9,11-13,18-19H,3-5,10H2,1-2H3/t18?,19-/m0/s1. The molecule has 3 aliphatic rings. The van der Waals surface area contributed by atoms with Gasteiger partial charge in [-0.25, -0.2) is 0 Å². The summed E-state index contributed by atoms with van der Waals surface area (Å²) in [6.07, 6.45) is 4.21. The van der Waals surface area contributed by atoms with Gasteiger partial charge in [-0.1, -0.05) is 30.7 Å². The Morgan fingerprint density at radius 2 is 1.96 bits per heavy atom. The van der Waals surface area contributed by atoms with E-state index in [-0.39, 0.29) is 12.3 Å². The van der Waals surface area contributed by atoms with Crippen LogP contribution in [-0.4, -0.2) is 18.9 Å². The normalized spacial score (nSPS) is 23.0. The zero-order valence-corrected chi connectivity index (χ0v) is 15.6. The van der Waals surface area contributed by atoms with Crippen LogP contribution in [0.5, 0.6) is 0 Å². The number of hydrogen-bond acceptors (Lipinski definition) is 2. The molecule has 0 N–H and O–H groups in total. The third kappa shape index (κ3) is 3.24. The summed E-state index contributed by atoms with van der Waals surface area (Å²) in [5.41, 5.74) is 6.06. The van der Waals surface area contributed by atoms with E-state index in [4.69, 9.17) is 0 Å². The average Bonchev–Trinajstić information content (AvgIpc) is 3.02. The van der Waals surface area contributed by atoms with Gasteiger partial charge in [-0.2, -0.15) is 13.2 Å². The minimum absolute atomic E-state index is 0.0526. The highest BCUT2D eigenvalue weighted by Gasteiger charge is 2.39. The van der Waals surface area contributed by atoms with Crippen LogP contribution in [0.4, 0.5) is 18.9 Å². The van der Waals surface area contributed by atoms with E-state index in [0.717, 1.165) is 36.5 Å². The second-order valence-electron chi connectivity index (χ2n) is 7.48. The Balaban J connectivity index is 1.64. The number of fused-ring (bicyclic) bond motifs is 2. The Morgan fingerprint density at radius 3 is 2.63 bits per heavy atom. The highest BCUT2D eigenvalue weighted by Crippen LogP contribution is 2.42. The van der Waals surface area contributed by atoms with Crippen molar-refractivity contribution in [2.45, 2.75) is 45.2 Å². The van der Waals surface area contributed by atoms with Crippen LogP contribution in [0.3, 0.4) is 0 Å². The number of anilines is 1. The maximum Gasteiger partial charge on any atom is 0.395 e. The number of rotatable bonds is 3. The second-order valence-corrected chi connectivity index (χ2v) is 7.48. The smallest absolute Gasteiger partial charge is 0.340 e. The highest BCUT2D eigenvalue weighted by molar-refractivity contribution is 5.89. The van der Waals surface area contributed by atoms with Crippen molar-refractivity contribution in [1.82, 2.24) is 0 Å². The van der Waals surface area contributed by atoms with E-state index >= 15 is 0 Å². The summed E-state index contributed by atoms with van der Waals surface area (Å²) in [6.45, 7) is 4.52. The van der Waals surface area contributed by atoms with E-state index in [0.29, 0.717) is 5.56 Å². The monoisotopic (exact) mass is 372 g/mol. The lowest BCUT2D eigenvalue weighted by Gasteiger charge is -2.36. The first-order valence-corrected chi connectivity index (χ1v) is 9.50. The molecule has 0 aromatic heterocycles. The van der Waals surface area contributed by atoms with Crippen molar-refractivity contribution < 1.29 is 13.2 Å². The third-order valence-electron chi connectivity index (χ3n) is 5.69. The predicted molar refractivity (Wildman–Crippen MR) is 103 cm³/mol. The molecular formula is C22H23F3N2. The first kappa shape index (κ1) is 18.1. The molecule has 2 atom stereocenters. The van der Waals surface area contributed by atoms with Crippen molar-refractivity contribution >= 4 is 11.9 Å². The number of allylic oxidation sites excluding steroid dienone is 4. The molecule has 4 rings (SSSR count). The molecule has 2 aliphatic heterocycles. The lowest BCUT2D eigenvalue weighted by atomic mass is 9.87. The molecule has 142 valence electrons. The summed E-state index contributed by atoms with van der Waals surface area (Å²) in [5, 5.41) is 0. The summed E-state index contributed by atoms with van der Waals surface area (Å²) in [5.74, 6) is -1.15. The van der Waals surface area contributed by atoms with Gasteiger partial charge in [-0.15, -0.1) is 0 Å². The quantitative estimate of drug-likeness (QED) is 0.622. The molecule has 2 heterocycles. The molecule has 5 heteroatoms. The molecule has 1 unspecified atom stereocenters. The van der Waals surface area contributed by atoms with Crippen LogP contribution in [0.15, 0.2) is 64.0 Å². The van der Waals surface area contributed by atoms with Crippen molar-refractivity contribution in [1.29, 1.82) is 0 Å². The molecule has 0 saturated heterocycles. The van der Waals surface area contributed by atoms with Gasteiger partial charge in [0.15, 0.2) is 0 Å². The largest absolute Gasteiger partial charge is 0.395 e. The Kier molecular flexibility index (Phi) is 4.49. The number of nitrogens with zero attached hydrogens (tertiary/aromatic N) is 2. The van der Waals surface area contributed by atoms with Gasteiger partial charge in [0.1, 0.15) is 0 Å². The van der Waals surface area contributed by atoms with Crippen LogP contribution < -0.4 is 4.90 Å². The van der Waals surface area contributed by atoms with E-state index in [1.807, 2.05) is 18.3 Å². The van der Waals surface area contributed by atoms with Crippen LogP contribution in [0.25, 0.3) is 0 Å². The van der Waals surface area contributed by atoms with Gasteiger partial charge in [0, 0.05) is 18.2 Å². The lowest BCUT2D eigenvalue weighted by molar-refractivity contribution is -0.151. The number of halogens is 3. The molecule has 1 aliphatic carbocycles. The van der Waals surface area contributed by atoms with Crippen molar-refractivity contribution in [2.75, 3.05) is 11.4 Å². The highest BCUT2D eigenvalue weighted by atomic mass is 19.4. The molecule has 0 saturated carbocycles. The topological polar surface area (TPSA) is 15.6 Å². The number of alkyl halides is 3. The van der Waals surface area contributed by atoms with Crippen LogP contribution in [-0.2, 0) is 0 Å². The Labute approximate surface area is 157 Å². The molecule has 27 heavy (non-hydrogen) atoms. The maximum absolute atomic E-state index is 13.2. The number of aliphatic imine (C=N–C) groups is 1. The lowest BCUT2D eigenvalue weighted by Crippen LogP contribution is -2.33. The van der Waals surface area contributed by atoms with Crippen molar-refractivity contribution in [2.24, 2.45) is 10.9 Å². The molecule has 0 fully saturated rings. The van der Waals surface area contributed by atoms with Gasteiger partial charge in [0.2, 0.25) is 0 Å². The molecule has 0 amide bonds. The molecule has 1 aromatic rings. The fraction of sp³-hybridized carbons (Fsp3) is 0.409. The Hall–Kier alpha value is -2.30. The first-order valence-electron chi connectivity index (χ1n) is 9.50. The third-order valence-corrected chi connectivity index (χ3v) is 5.69. The summed E-state index contributed by atoms with van der Waals surface area (Å²) in [7, 11) is 0. The minimum atomic E-state index is -4.21. The van der Waals surface area contributed by atoms with Crippen molar-refractivity contribution in [3.05, 3.63) is 64.5 Å². The zero-order valence-electron chi connectivity index (χ0n) is 15.6. The van der Waals surface area contributed by atoms with Gasteiger partial charge in [-0.05, 0) is 55.5 Å². The predicted octanol–water partition coefficient (Wildman–Crippen LogP) is 6.14. The van der Waals surface area contributed by atoms with E-state index < -0.39 is 12.1 Å². The zero-order chi connectivity index (χ0) is 19.2. The van der Waals surface area contributed by atoms with Gasteiger partial charge in [-0.3, -0.25) is 4.99 Å². The van der Waals surface area contributed by atoms with Crippen molar-refractivity contribution in [3.63, 3.8) is 0 Å². The van der Waals surface area contributed by atoms with E-state index in [1.165, 1.54) is 11.1 Å². The summed E-state index contributed by atoms with van der Waals surface area (Å²) >= 11 is 0. The fourth-order valence-corrected chi connectivity index (χ4v) is 4.38. The Bertz CT molecular complexity index is 857. The van der Waals surface area contributed by atoms with E-state index in [2.05, 4.69) is 29.0 Å². The molecule has 0 radical (unpaired) electrons. The van der Waals surface area contributed by atoms with E-state index in [1.54, 1.807) is 19.1 Å². The molecule has 2 nitrogen and oxygen atoms in total. The molecule has 0 bridgehead atoms. The first-order chi connectivity index (χ1) is 12.9. The summed E-state index contributed by atoms with van der Waals surface area (Å²) in [6, 6.07) is 6.87. The van der Waals surface area contributed by atoms with E-state index in [9.17, 15) is 13.2 Å². The SMILES string of the molecule is CC[C@@H](c1ccc(N2CCCC3=C2C=NC2=CC(C)=CC23)cc1)C(F)(F)F. The van der Waals surface area contributed by atoms with Crippen LogP contribution in [0.2, 0.25) is 0 Å².